The largest absolute Gasteiger partial charge is 0.486 e. The Morgan fingerprint density at radius 2 is 1.24 bits per heavy atom. The molecule has 178 valence electrons. The van der Waals surface area contributed by atoms with Gasteiger partial charge in [-0.15, -0.1) is 0 Å². The van der Waals surface area contributed by atoms with E-state index in [1.807, 2.05) is 54.4 Å². The molecule has 2 aromatic heterocycles. The molecule has 0 amide bonds. The van der Waals surface area contributed by atoms with Crippen molar-refractivity contribution in [3.63, 3.8) is 0 Å². The molecule has 0 saturated heterocycles. The Labute approximate surface area is 196 Å². The summed E-state index contributed by atoms with van der Waals surface area (Å²) in [6, 6.07) is 7.19. The minimum Gasteiger partial charge on any atom is -0.486 e. The van der Waals surface area contributed by atoms with Gasteiger partial charge in [-0.2, -0.15) is 10.2 Å². The Kier molecular flexibility index (Phi) is 4.49. The zero-order chi connectivity index (χ0) is 23.7. The summed E-state index contributed by atoms with van der Waals surface area (Å²) in [6.07, 6.45) is 3.58. The summed E-state index contributed by atoms with van der Waals surface area (Å²) in [7, 11) is 0. The van der Waals surface area contributed by atoms with Crippen molar-refractivity contribution < 1.29 is 18.9 Å². The van der Waals surface area contributed by atoms with Crippen LogP contribution in [-0.4, -0.2) is 57.6 Å². The fourth-order valence-electron chi connectivity index (χ4n) is 5.36. The summed E-state index contributed by atoms with van der Waals surface area (Å²) in [6.45, 7) is 7.63. The van der Waals surface area contributed by atoms with Crippen LogP contribution in [0.25, 0.3) is 21.8 Å². The fraction of sp³-hybridized carbons (Fsp3) is 0.417. The monoisotopic (exact) mass is 464 g/mol. The quantitative estimate of drug-likeness (QED) is 0.471. The first-order valence-electron chi connectivity index (χ1n) is 11.4. The zero-order valence-corrected chi connectivity index (χ0v) is 19.4. The van der Waals surface area contributed by atoms with Gasteiger partial charge >= 0.3 is 0 Å². The number of hydrogen-bond acceptors (Lipinski definition) is 8. The van der Waals surface area contributed by atoms with E-state index < -0.39 is 17.2 Å². The third-order valence-electron chi connectivity index (χ3n) is 6.71. The molecule has 2 aliphatic rings. The second-order valence-electron chi connectivity index (χ2n) is 9.40. The van der Waals surface area contributed by atoms with E-state index in [9.17, 15) is 0 Å². The van der Waals surface area contributed by atoms with Crippen LogP contribution in [0.2, 0.25) is 0 Å². The van der Waals surface area contributed by atoms with Gasteiger partial charge in [-0.1, -0.05) is 0 Å². The van der Waals surface area contributed by atoms with E-state index >= 15 is 0 Å². The SMILES string of the molecule is CC(N)C(n1ncc2ccc3c(c21)OCCO3)(n1ncc2ccc3c(c21)OCCO3)C(C)(C)N. The van der Waals surface area contributed by atoms with Gasteiger partial charge in [0.1, 0.15) is 37.5 Å². The summed E-state index contributed by atoms with van der Waals surface area (Å²) >= 11 is 0. The number of ether oxygens (including phenoxy) is 4. The Bertz CT molecular complexity index is 1310. The number of nitrogens with zero attached hydrogens (tertiary/aromatic N) is 4. The molecule has 1 unspecified atom stereocenters. The van der Waals surface area contributed by atoms with Gasteiger partial charge in [0.15, 0.2) is 28.7 Å². The number of hydrogen-bond donors (Lipinski definition) is 2. The molecule has 1 atom stereocenters. The van der Waals surface area contributed by atoms with Gasteiger partial charge in [-0.3, -0.25) is 0 Å². The number of benzene rings is 2. The highest BCUT2D eigenvalue weighted by Crippen LogP contribution is 2.46. The lowest BCUT2D eigenvalue weighted by Gasteiger charge is -2.48. The minimum atomic E-state index is -1.15. The highest BCUT2D eigenvalue weighted by molar-refractivity contribution is 5.90. The van der Waals surface area contributed by atoms with Crippen LogP contribution in [0, 0.1) is 0 Å². The molecule has 34 heavy (non-hydrogen) atoms. The minimum absolute atomic E-state index is 0.442. The Hall–Kier alpha value is -3.50. The molecule has 0 spiro atoms. The van der Waals surface area contributed by atoms with Gasteiger partial charge < -0.3 is 30.4 Å². The lowest BCUT2D eigenvalue weighted by molar-refractivity contribution is 0.0665. The molecule has 2 aliphatic heterocycles. The maximum atomic E-state index is 6.99. The van der Waals surface area contributed by atoms with Gasteiger partial charge in [-0.25, -0.2) is 9.36 Å². The second-order valence-corrected chi connectivity index (χ2v) is 9.40. The van der Waals surface area contributed by atoms with E-state index in [4.69, 9.17) is 40.6 Å². The molecule has 0 bridgehead atoms. The highest BCUT2D eigenvalue weighted by atomic mass is 16.6. The van der Waals surface area contributed by atoms with Gasteiger partial charge in [0, 0.05) is 16.8 Å². The maximum Gasteiger partial charge on any atom is 0.187 e. The van der Waals surface area contributed by atoms with Crippen molar-refractivity contribution in [3.05, 3.63) is 36.7 Å². The third kappa shape index (κ3) is 2.69. The molecular weight excluding hydrogens is 436 g/mol. The fourth-order valence-corrected chi connectivity index (χ4v) is 5.36. The van der Waals surface area contributed by atoms with Crippen LogP contribution in [0.15, 0.2) is 36.7 Å². The van der Waals surface area contributed by atoms with Crippen LogP contribution in [0.1, 0.15) is 20.8 Å². The van der Waals surface area contributed by atoms with E-state index in [2.05, 4.69) is 0 Å². The van der Waals surface area contributed by atoms with Crippen molar-refractivity contribution in [2.45, 2.75) is 38.0 Å². The topological polar surface area (TPSA) is 125 Å². The smallest absolute Gasteiger partial charge is 0.187 e. The summed E-state index contributed by atoms with van der Waals surface area (Å²) in [5.74, 6) is 2.56. The molecule has 4 aromatic rings. The van der Waals surface area contributed by atoms with Crippen molar-refractivity contribution in [3.8, 4) is 23.0 Å². The number of aromatic nitrogens is 4. The maximum absolute atomic E-state index is 6.99. The highest BCUT2D eigenvalue weighted by Gasteiger charge is 2.53. The van der Waals surface area contributed by atoms with Crippen molar-refractivity contribution in [2.75, 3.05) is 26.4 Å². The molecule has 6 rings (SSSR count). The van der Waals surface area contributed by atoms with Crippen LogP contribution in [-0.2, 0) is 5.66 Å². The van der Waals surface area contributed by atoms with E-state index in [1.54, 1.807) is 12.4 Å². The standard InChI is InChI=1S/C24H28N6O4/c1-14(25)24(23(2,3)26,29-19-15(12-27-29)4-6-17-21(19)33-10-8-31-17)30-20-16(13-28-30)5-7-18-22(20)34-11-9-32-18/h4-7,12-14H,8-11,25-26H2,1-3H3. The average Bonchev–Trinajstić information content (AvgIpc) is 3.44. The Balaban J connectivity index is 1.74. The summed E-state index contributed by atoms with van der Waals surface area (Å²) in [4.78, 5) is 0. The van der Waals surface area contributed by atoms with Crippen molar-refractivity contribution in [2.24, 2.45) is 11.5 Å². The van der Waals surface area contributed by atoms with Crippen molar-refractivity contribution in [1.82, 2.24) is 19.6 Å². The van der Waals surface area contributed by atoms with Gasteiger partial charge in [0.25, 0.3) is 0 Å². The predicted octanol–water partition coefficient (Wildman–Crippen LogP) is 2.21. The zero-order valence-electron chi connectivity index (χ0n) is 19.4. The van der Waals surface area contributed by atoms with Crippen LogP contribution < -0.4 is 30.4 Å². The first-order chi connectivity index (χ1) is 16.3. The molecule has 10 nitrogen and oxygen atoms in total. The first-order valence-corrected chi connectivity index (χ1v) is 11.4. The lowest BCUT2D eigenvalue weighted by atomic mass is 9.82. The van der Waals surface area contributed by atoms with E-state index in [0.717, 1.165) is 21.8 Å². The molecular formula is C24H28N6O4. The second kappa shape index (κ2) is 7.25. The van der Waals surface area contributed by atoms with Crippen LogP contribution in [0.4, 0.5) is 0 Å². The predicted molar refractivity (Wildman–Crippen MR) is 127 cm³/mol. The van der Waals surface area contributed by atoms with Crippen LogP contribution in [0.3, 0.4) is 0 Å². The van der Waals surface area contributed by atoms with E-state index in [0.29, 0.717) is 49.4 Å². The van der Waals surface area contributed by atoms with Crippen molar-refractivity contribution >= 4 is 21.8 Å². The number of fused-ring (bicyclic) bond motifs is 6. The van der Waals surface area contributed by atoms with Gasteiger partial charge in [-0.05, 0) is 45.0 Å². The summed E-state index contributed by atoms with van der Waals surface area (Å²) in [5.41, 5.74) is 13.2. The summed E-state index contributed by atoms with van der Waals surface area (Å²) < 4.78 is 27.6. The van der Waals surface area contributed by atoms with E-state index in [-0.39, 0.29) is 0 Å². The lowest BCUT2D eigenvalue weighted by Crippen LogP contribution is -2.69. The third-order valence-corrected chi connectivity index (χ3v) is 6.71. The molecule has 0 aliphatic carbocycles. The van der Waals surface area contributed by atoms with Gasteiger partial charge in [0.2, 0.25) is 0 Å². The van der Waals surface area contributed by atoms with E-state index in [1.165, 1.54) is 0 Å². The molecule has 4 N–H and O–H groups in total. The number of nitrogens with two attached hydrogens (primary N) is 2. The first kappa shape index (κ1) is 21.1. The summed E-state index contributed by atoms with van der Waals surface area (Å²) in [5, 5.41) is 11.4. The van der Waals surface area contributed by atoms with Crippen LogP contribution in [0.5, 0.6) is 23.0 Å². The van der Waals surface area contributed by atoms with Gasteiger partial charge in [0.05, 0.1) is 17.9 Å². The Morgan fingerprint density at radius 1 is 0.794 bits per heavy atom. The molecule has 0 fully saturated rings. The molecule has 2 aromatic carbocycles. The number of rotatable bonds is 4. The van der Waals surface area contributed by atoms with Crippen molar-refractivity contribution in [1.29, 1.82) is 0 Å². The van der Waals surface area contributed by atoms with Crippen LogP contribution >= 0.6 is 0 Å². The molecule has 0 radical (unpaired) electrons. The molecule has 4 heterocycles. The normalized spacial score (nSPS) is 16.7. The molecule has 10 heteroatoms. The average molecular weight is 465 g/mol. The molecule has 0 saturated carbocycles. The Morgan fingerprint density at radius 3 is 1.65 bits per heavy atom.